The van der Waals surface area contributed by atoms with Crippen LogP contribution in [0.3, 0.4) is 0 Å². The molecule has 2 aliphatic rings. The molecule has 0 atom stereocenters. The monoisotopic (exact) mass is 376 g/mol. The average molecular weight is 376 g/mol. The highest BCUT2D eigenvalue weighted by atomic mass is 16.5. The maximum Gasteiger partial charge on any atom is 0.224 e. The largest absolute Gasteiger partial charge is 0.474 e. The summed E-state index contributed by atoms with van der Waals surface area (Å²) in [6.07, 6.45) is 9.01. The fraction of sp³-hybridized carbons (Fsp3) is 0.429. The molecule has 2 aromatic heterocycles. The van der Waals surface area contributed by atoms with E-state index in [9.17, 15) is 0 Å². The molecule has 7 nitrogen and oxygen atoms in total. The second-order valence-electron chi connectivity index (χ2n) is 7.56. The summed E-state index contributed by atoms with van der Waals surface area (Å²) in [5, 5.41) is 8.83. The van der Waals surface area contributed by atoms with E-state index in [1.165, 1.54) is 17.7 Å². The third kappa shape index (κ3) is 3.62. The molecule has 1 aliphatic heterocycles. The van der Waals surface area contributed by atoms with Gasteiger partial charge >= 0.3 is 0 Å². The second-order valence-corrected chi connectivity index (χ2v) is 7.56. The molecule has 0 bridgehead atoms. The number of ether oxygens (including phenoxy) is 1. The van der Waals surface area contributed by atoms with Gasteiger partial charge in [-0.3, -0.25) is 4.90 Å². The number of anilines is 1. The zero-order chi connectivity index (χ0) is 18.8. The molecule has 144 valence electrons. The van der Waals surface area contributed by atoms with Gasteiger partial charge in [-0.15, -0.1) is 0 Å². The first kappa shape index (κ1) is 17.3. The maximum atomic E-state index is 6.10. The van der Waals surface area contributed by atoms with Gasteiger partial charge in [0.1, 0.15) is 12.4 Å². The van der Waals surface area contributed by atoms with Crippen LogP contribution in [0.25, 0.3) is 10.9 Å². The first-order chi connectivity index (χ1) is 13.8. The normalized spacial score (nSPS) is 18.2. The van der Waals surface area contributed by atoms with Crippen molar-refractivity contribution >= 4 is 16.6 Å². The van der Waals surface area contributed by atoms with Crippen LogP contribution >= 0.6 is 0 Å². The van der Waals surface area contributed by atoms with Crippen molar-refractivity contribution in [3.63, 3.8) is 0 Å². The standard InChI is InChI=1S/C21H24N6O/c1-2-18(3-1)28-21-19-12-17(4-5-20(19)22-15-23-21)27-10-8-26(9-11-27)14-16-6-7-24-25-13-16/h4-7,12-13,15,18H,1-3,8-11,14H2. The molecule has 3 aromatic rings. The summed E-state index contributed by atoms with van der Waals surface area (Å²) in [5.41, 5.74) is 3.37. The zero-order valence-corrected chi connectivity index (χ0v) is 15.9. The summed E-state index contributed by atoms with van der Waals surface area (Å²) in [7, 11) is 0. The SMILES string of the molecule is c1cc(CN2CCN(c3ccc4ncnc(OC5CCC5)c4c3)CC2)cnn1. The minimum atomic E-state index is 0.313. The lowest BCUT2D eigenvalue weighted by atomic mass is 9.96. The van der Waals surface area contributed by atoms with Crippen LogP contribution in [-0.4, -0.2) is 57.3 Å². The van der Waals surface area contributed by atoms with Crippen molar-refractivity contribution in [1.29, 1.82) is 0 Å². The average Bonchev–Trinajstić information content (AvgIpc) is 2.72. The predicted octanol–water partition coefficient (Wildman–Crippen LogP) is 2.67. The summed E-state index contributed by atoms with van der Waals surface area (Å²) in [6.45, 7) is 4.97. The van der Waals surface area contributed by atoms with Gasteiger partial charge < -0.3 is 9.64 Å². The summed E-state index contributed by atoms with van der Waals surface area (Å²) < 4.78 is 6.10. The predicted molar refractivity (Wildman–Crippen MR) is 107 cm³/mol. The van der Waals surface area contributed by atoms with Crippen LogP contribution in [0.5, 0.6) is 5.88 Å². The van der Waals surface area contributed by atoms with E-state index >= 15 is 0 Å². The van der Waals surface area contributed by atoms with Gasteiger partial charge in [0, 0.05) is 44.6 Å². The van der Waals surface area contributed by atoms with Gasteiger partial charge in [0.25, 0.3) is 0 Å². The summed E-state index contributed by atoms with van der Waals surface area (Å²) in [5.74, 6) is 0.723. The van der Waals surface area contributed by atoms with Gasteiger partial charge in [-0.2, -0.15) is 10.2 Å². The van der Waals surface area contributed by atoms with Crippen molar-refractivity contribution in [1.82, 2.24) is 25.1 Å². The first-order valence-corrected chi connectivity index (χ1v) is 9.99. The van der Waals surface area contributed by atoms with E-state index in [-0.39, 0.29) is 0 Å². The molecule has 5 rings (SSSR count). The molecule has 0 amide bonds. The van der Waals surface area contributed by atoms with Gasteiger partial charge in [0.05, 0.1) is 17.1 Å². The topological polar surface area (TPSA) is 67.3 Å². The smallest absolute Gasteiger partial charge is 0.224 e. The van der Waals surface area contributed by atoms with Crippen LogP contribution in [0, 0.1) is 0 Å². The van der Waals surface area contributed by atoms with Crippen LogP contribution in [0.2, 0.25) is 0 Å². The molecule has 3 heterocycles. The van der Waals surface area contributed by atoms with Crippen molar-refractivity contribution < 1.29 is 4.74 Å². The molecular formula is C21H24N6O. The van der Waals surface area contributed by atoms with E-state index in [4.69, 9.17) is 4.74 Å². The summed E-state index contributed by atoms with van der Waals surface area (Å²) in [6, 6.07) is 8.46. The molecule has 1 saturated heterocycles. The van der Waals surface area contributed by atoms with Gasteiger partial charge in [0.2, 0.25) is 5.88 Å². The van der Waals surface area contributed by atoms with Gasteiger partial charge in [-0.1, -0.05) is 0 Å². The third-order valence-electron chi connectivity index (χ3n) is 5.70. The number of benzene rings is 1. The quantitative estimate of drug-likeness (QED) is 0.678. The number of rotatable bonds is 5. The molecule has 1 aliphatic carbocycles. The lowest BCUT2D eigenvalue weighted by Gasteiger charge is -2.36. The van der Waals surface area contributed by atoms with Crippen molar-refractivity contribution in [3.05, 3.63) is 48.5 Å². The number of hydrogen-bond acceptors (Lipinski definition) is 7. The highest BCUT2D eigenvalue weighted by Gasteiger charge is 2.22. The van der Waals surface area contributed by atoms with Crippen LogP contribution in [0.4, 0.5) is 5.69 Å². The Kier molecular flexibility index (Phi) is 4.74. The molecule has 2 fully saturated rings. The molecule has 0 unspecified atom stereocenters. The maximum absolute atomic E-state index is 6.10. The Morgan fingerprint density at radius 1 is 1.00 bits per heavy atom. The molecular weight excluding hydrogens is 352 g/mol. The zero-order valence-electron chi connectivity index (χ0n) is 15.9. The highest BCUT2D eigenvalue weighted by Crippen LogP contribution is 2.31. The number of nitrogens with zero attached hydrogens (tertiary/aromatic N) is 6. The third-order valence-corrected chi connectivity index (χ3v) is 5.70. The Hall–Kier alpha value is -2.80. The minimum Gasteiger partial charge on any atom is -0.474 e. The lowest BCUT2D eigenvalue weighted by molar-refractivity contribution is 0.116. The fourth-order valence-corrected chi connectivity index (χ4v) is 3.79. The first-order valence-electron chi connectivity index (χ1n) is 9.99. The molecule has 0 spiro atoms. The molecule has 0 N–H and O–H groups in total. The Morgan fingerprint density at radius 2 is 1.89 bits per heavy atom. The van der Waals surface area contributed by atoms with E-state index in [2.05, 4.69) is 48.2 Å². The number of piperazine rings is 1. The molecule has 1 aromatic carbocycles. The van der Waals surface area contributed by atoms with Crippen LogP contribution in [0.1, 0.15) is 24.8 Å². The summed E-state index contributed by atoms with van der Waals surface area (Å²) in [4.78, 5) is 13.7. The Bertz CT molecular complexity index is 938. The molecule has 1 saturated carbocycles. The number of aromatic nitrogens is 4. The Labute approximate surface area is 164 Å². The Morgan fingerprint density at radius 3 is 2.64 bits per heavy atom. The van der Waals surface area contributed by atoms with E-state index < -0.39 is 0 Å². The van der Waals surface area contributed by atoms with Crippen LogP contribution in [-0.2, 0) is 6.54 Å². The van der Waals surface area contributed by atoms with E-state index in [0.717, 1.165) is 62.3 Å². The van der Waals surface area contributed by atoms with Gasteiger partial charge in [-0.25, -0.2) is 9.97 Å². The number of fused-ring (bicyclic) bond motifs is 1. The lowest BCUT2D eigenvalue weighted by Crippen LogP contribution is -2.46. The van der Waals surface area contributed by atoms with Gasteiger partial charge in [-0.05, 0) is 49.1 Å². The van der Waals surface area contributed by atoms with Crippen molar-refractivity contribution in [2.24, 2.45) is 0 Å². The minimum absolute atomic E-state index is 0.313. The van der Waals surface area contributed by atoms with E-state index in [0.29, 0.717) is 6.10 Å². The second kappa shape index (κ2) is 7.67. The Balaban J connectivity index is 1.29. The molecule has 28 heavy (non-hydrogen) atoms. The van der Waals surface area contributed by atoms with E-state index in [1.54, 1.807) is 12.5 Å². The van der Waals surface area contributed by atoms with Crippen LogP contribution < -0.4 is 9.64 Å². The van der Waals surface area contributed by atoms with E-state index in [1.807, 2.05) is 12.3 Å². The molecule has 0 radical (unpaired) electrons. The highest BCUT2D eigenvalue weighted by molar-refractivity contribution is 5.86. The molecule has 7 heteroatoms. The van der Waals surface area contributed by atoms with Gasteiger partial charge in [0.15, 0.2) is 0 Å². The fourth-order valence-electron chi connectivity index (χ4n) is 3.79. The van der Waals surface area contributed by atoms with Crippen molar-refractivity contribution in [2.45, 2.75) is 31.9 Å². The van der Waals surface area contributed by atoms with Crippen molar-refractivity contribution in [2.75, 3.05) is 31.1 Å². The number of hydrogen-bond donors (Lipinski definition) is 0. The summed E-state index contributed by atoms with van der Waals surface area (Å²) >= 11 is 0. The van der Waals surface area contributed by atoms with Crippen LogP contribution in [0.15, 0.2) is 43.0 Å². The van der Waals surface area contributed by atoms with Crippen molar-refractivity contribution in [3.8, 4) is 5.88 Å².